The van der Waals surface area contributed by atoms with Crippen molar-refractivity contribution in [1.29, 1.82) is 0 Å². The summed E-state index contributed by atoms with van der Waals surface area (Å²) in [5.74, 6) is -0.00643. The van der Waals surface area contributed by atoms with Crippen LogP contribution in [0.25, 0.3) is 0 Å². The number of hydrogen-bond donors (Lipinski definition) is 3. The molecule has 23 heavy (non-hydrogen) atoms. The molecule has 0 spiro atoms. The largest absolute Gasteiger partial charge is 0.493 e. The highest BCUT2D eigenvalue weighted by Gasteiger charge is 2.43. The molecule has 1 fully saturated rings. The molecule has 0 bridgehead atoms. The molecule has 1 aromatic rings. The van der Waals surface area contributed by atoms with Gasteiger partial charge in [0.25, 0.3) is 0 Å². The number of aromatic nitrogens is 1. The summed E-state index contributed by atoms with van der Waals surface area (Å²) in [6.07, 6.45) is 4.88. The third-order valence-electron chi connectivity index (χ3n) is 4.06. The lowest BCUT2D eigenvalue weighted by Gasteiger charge is -2.29. The zero-order valence-corrected chi connectivity index (χ0v) is 13.3. The summed E-state index contributed by atoms with van der Waals surface area (Å²) < 4.78 is 10.5. The van der Waals surface area contributed by atoms with E-state index in [4.69, 9.17) is 15.2 Å². The molecule has 1 aliphatic carbocycles. The van der Waals surface area contributed by atoms with Gasteiger partial charge in [0.2, 0.25) is 0 Å². The molecule has 0 saturated heterocycles. The van der Waals surface area contributed by atoms with E-state index in [0.717, 1.165) is 12.3 Å². The fourth-order valence-electron chi connectivity index (χ4n) is 2.35. The van der Waals surface area contributed by atoms with Gasteiger partial charge in [-0.05, 0) is 18.4 Å². The minimum atomic E-state index is -2.14. The van der Waals surface area contributed by atoms with Crippen LogP contribution in [0, 0.1) is 5.92 Å². The second-order valence-corrected chi connectivity index (χ2v) is 6.03. The van der Waals surface area contributed by atoms with E-state index < -0.39 is 17.6 Å². The first-order chi connectivity index (χ1) is 11.0. The van der Waals surface area contributed by atoms with Crippen molar-refractivity contribution in [3.8, 4) is 5.75 Å². The van der Waals surface area contributed by atoms with E-state index in [0.29, 0.717) is 18.1 Å². The molecule has 1 aromatic heterocycles. The molecule has 0 aromatic carbocycles. The standard InChI is InChI=1S/C16H24N2O5/c1-22-10-14(17)16(21,15(19)20)9-12-8-13(4-6-18-12)23-7-5-11-2-3-11/h4,6,8,11,14,21H,2-3,5,7,9-10,17H2,1H3,(H,19,20)/t14-,16+/m0/s1. The Morgan fingerprint density at radius 3 is 2.91 bits per heavy atom. The summed E-state index contributed by atoms with van der Waals surface area (Å²) in [5.41, 5.74) is 4.02. The van der Waals surface area contributed by atoms with Crippen LogP contribution in [-0.4, -0.2) is 53.1 Å². The summed E-state index contributed by atoms with van der Waals surface area (Å²) in [4.78, 5) is 15.5. The van der Waals surface area contributed by atoms with E-state index in [1.807, 2.05) is 0 Å². The first-order valence-corrected chi connectivity index (χ1v) is 7.73. The smallest absolute Gasteiger partial charge is 0.337 e. The van der Waals surface area contributed by atoms with Crippen molar-refractivity contribution in [2.45, 2.75) is 37.3 Å². The highest BCUT2D eigenvalue weighted by Crippen LogP contribution is 2.32. The Hall–Kier alpha value is -1.70. The molecule has 7 nitrogen and oxygen atoms in total. The summed E-state index contributed by atoms with van der Waals surface area (Å²) in [6.45, 7) is 0.556. The lowest BCUT2D eigenvalue weighted by molar-refractivity contribution is -0.162. The number of rotatable bonds is 10. The maximum atomic E-state index is 11.4. The third kappa shape index (κ3) is 4.89. The number of aliphatic hydroxyl groups is 1. The Morgan fingerprint density at radius 2 is 2.30 bits per heavy atom. The summed E-state index contributed by atoms with van der Waals surface area (Å²) in [6, 6.07) is 2.29. The molecule has 0 unspecified atom stereocenters. The number of nitrogens with two attached hydrogens (primary N) is 1. The number of carboxylic acids is 1. The van der Waals surface area contributed by atoms with Crippen LogP contribution in [0.1, 0.15) is 25.0 Å². The van der Waals surface area contributed by atoms with Crippen LogP contribution < -0.4 is 10.5 Å². The second-order valence-electron chi connectivity index (χ2n) is 6.03. The molecule has 1 aliphatic rings. The van der Waals surface area contributed by atoms with Gasteiger partial charge in [0, 0.05) is 31.5 Å². The average Bonchev–Trinajstić information content (AvgIpc) is 3.32. The average molecular weight is 324 g/mol. The van der Waals surface area contributed by atoms with Crippen molar-refractivity contribution >= 4 is 5.97 Å². The highest BCUT2D eigenvalue weighted by molar-refractivity contribution is 5.78. The van der Waals surface area contributed by atoms with Gasteiger partial charge < -0.3 is 25.4 Å². The van der Waals surface area contributed by atoms with Crippen molar-refractivity contribution in [2.24, 2.45) is 11.7 Å². The number of carbonyl (C=O) groups is 1. The van der Waals surface area contributed by atoms with Crippen molar-refractivity contribution in [3.63, 3.8) is 0 Å². The van der Waals surface area contributed by atoms with Crippen LogP contribution in [0.5, 0.6) is 5.75 Å². The molecule has 2 rings (SSSR count). The van der Waals surface area contributed by atoms with Gasteiger partial charge in [0.1, 0.15) is 5.75 Å². The molecule has 0 radical (unpaired) electrons. The first-order valence-electron chi connectivity index (χ1n) is 7.73. The van der Waals surface area contributed by atoms with E-state index in [-0.39, 0.29) is 13.0 Å². The van der Waals surface area contributed by atoms with Gasteiger partial charge in [0.05, 0.1) is 19.3 Å². The molecule has 4 N–H and O–H groups in total. The molecule has 0 amide bonds. The molecular weight excluding hydrogens is 300 g/mol. The van der Waals surface area contributed by atoms with Gasteiger partial charge in [-0.1, -0.05) is 12.8 Å². The molecule has 7 heteroatoms. The summed E-state index contributed by atoms with van der Waals surface area (Å²) in [5, 5.41) is 19.7. The topological polar surface area (TPSA) is 115 Å². The van der Waals surface area contributed by atoms with Crippen LogP contribution in [0.4, 0.5) is 0 Å². The maximum Gasteiger partial charge on any atom is 0.337 e. The fourth-order valence-corrected chi connectivity index (χ4v) is 2.35. The van der Waals surface area contributed by atoms with Gasteiger partial charge in [-0.3, -0.25) is 4.98 Å². The number of methoxy groups -OCH3 is 1. The van der Waals surface area contributed by atoms with E-state index in [2.05, 4.69) is 4.98 Å². The molecule has 1 heterocycles. The molecule has 1 saturated carbocycles. The Bertz CT molecular complexity index is 535. The number of hydrogen-bond acceptors (Lipinski definition) is 6. The second kappa shape index (κ2) is 7.72. The van der Waals surface area contributed by atoms with Gasteiger partial charge in [-0.15, -0.1) is 0 Å². The van der Waals surface area contributed by atoms with Crippen LogP contribution in [-0.2, 0) is 16.0 Å². The maximum absolute atomic E-state index is 11.4. The number of nitrogens with zero attached hydrogens (tertiary/aromatic N) is 1. The van der Waals surface area contributed by atoms with Gasteiger partial charge in [-0.25, -0.2) is 4.79 Å². The van der Waals surface area contributed by atoms with Gasteiger partial charge in [-0.2, -0.15) is 0 Å². The zero-order chi connectivity index (χ0) is 16.9. The summed E-state index contributed by atoms with van der Waals surface area (Å²) in [7, 11) is 1.40. The lowest BCUT2D eigenvalue weighted by atomic mass is 9.89. The Morgan fingerprint density at radius 1 is 1.57 bits per heavy atom. The summed E-state index contributed by atoms with van der Waals surface area (Å²) >= 11 is 0. The molecule has 128 valence electrons. The van der Waals surface area contributed by atoms with E-state index in [1.165, 1.54) is 26.1 Å². The Kier molecular flexibility index (Phi) is 5.92. The number of ether oxygens (including phenoxy) is 2. The van der Waals surface area contributed by atoms with Crippen LogP contribution in [0.3, 0.4) is 0 Å². The predicted octanol–water partition coefficient (Wildman–Crippen LogP) is 0.592. The molecule has 0 aliphatic heterocycles. The van der Waals surface area contributed by atoms with Gasteiger partial charge in [0.15, 0.2) is 5.60 Å². The van der Waals surface area contributed by atoms with Crippen molar-refractivity contribution in [1.82, 2.24) is 4.98 Å². The van der Waals surface area contributed by atoms with E-state index >= 15 is 0 Å². The van der Waals surface area contributed by atoms with Crippen LogP contribution in [0.15, 0.2) is 18.3 Å². The van der Waals surface area contributed by atoms with Crippen molar-refractivity contribution in [3.05, 3.63) is 24.0 Å². The fraction of sp³-hybridized carbons (Fsp3) is 0.625. The highest BCUT2D eigenvalue weighted by atomic mass is 16.5. The molecule has 2 atom stereocenters. The molecular formula is C16H24N2O5. The van der Waals surface area contributed by atoms with Crippen LogP contribution in [0.2, 0.25) is 0 Å². The minimum absolute atomic E-state index is 0.0691. The Labute approximate surface area is 135 Å². The number of pyridine rings is 1. The zero-order valence-electron chi connectivity index (χ0n) is 13.3. The van der Waals surface area contributed by atoms with E-state index in [9.17, 15) is 15.0 Å². The SMILES string of the molecule is COC[C@H](N)[C@](O)(Cc1cc(OCCC2CC2)ccn1)C(=O)O. The van der Waals surface area contributed by atoms with Crippen molar-refractivity contribution < 1.29 is 24.5 Å². The van der Waals surface area contributed by atoms with Crippen LogP contribution >= 0.6 is 0 Å². The minimum Gasteiger partial charge on any atom is -0.493 e. The quantitative estimate of drug-likeness (QED) is 0.577. The Balaban J connectivity index is 2.02. The number of carboxylic acid groups (broad SMARTS) is 1. The predicted molar refractivity (Wildman–Crippen MR) is 83.2 cm³/mol. The monoisotopic (exact) mass is 324 g/mol. The first kappa shape index (κ1) is 17.7. The van der Waals surface area contributed by atoms with E-state index in [1.54, 1.807) is 12.1 Å². The van der Waals surface area contributed by atoms with Gasteiger partial charge >= 0.3 is 5.97 Å². The lowest BCUT2D eigenvalue weighted by Crippen LogP contribution is -2.57. The number of aliphatic carboxylic acids is 1. The normalized spacial score (nSPS) is 18.2. The third-order valence-corrected chi connectivity index (χ3v) is 4.06. The van der Waals surface area contributed by atoms with Crippen molar-refractivity contribution in [2.75, 3.05) is 20.3 Å².